The van der Waals surface area contributed by atoms with E-state index < -0.39 is 5.97 Å². The molecule has 0 saturated carbocycles. The van der Waals surface area contributed by atoms with Crippen LogP contribution in [0.15, 0.2) is 12.4 Å². The van der Waals surface area contributed by atoms with Crippen molar-refractivity contribution in [3.8, 4) is 0 Å². The molecule has 2 aliphatic heterocycles. The van der Waals surface area contributed by atoms with Gasteiger partial charge < -0.3 is 14.9 Å². The summed E-state index contributed by atoms with van der Waals surface area (Å²) in [6, 6.07) is -0.334. The Hall–Kier alpha value is -1.23. The molecule has 5 heteroatoms. The van der Waals surface area contributed by atoms with Crippen molar-refractivity contribution < 1.29 is 9.90 Å². The largest absolute Gasteiger partial charge is 0.480 e. The summed E-state index contributed by atoms with van der Waals surface area (Å²) < 4.78 is 0. The Kier molecular flexibility index (Phi) is 2.56. The van der Waals surface area contributed by atoms with Gasteiger partial charge in [0.1, 0.15) is 6.04 Å². The zero-order valence-electron chi connectivity index (χ0n) is 9.13. The molecule has 1 saturated heterocycles. The van der Waals surface area contributed by atoms with Gasteiger partial charge in [0.2, 0.25) is 0 Å². The normalized spacial score (nSPS) is 28.0. The van der Waals surface area contributed by atoms with Crippen LogP contribution in [0.25, 0.3) is 0 Å². The van der Waals surface area contributed by atoms with Crippen LogP contribution >= 0.6 is 0 Å². The number of hydrogen-bond donors (Lipinski definition) is 1. The third-order valence-corrected chi connectivity index (χ3v) is 3.14. The molecule has 0 aromatic heterocycles. The Bertz CT molecular complexity index is 280. The lowest BCUT2D eigenvalue weighted by molar-refractivity contribution is -0.145. The predicted molar refractivity (Wildman–Crippen MR) is 55.8 cm³/mol. The van der Waals surface area contributed by atoms with E-state index in [0.29, 0.717) is 0 Å². The molecule has 0 aromatic carbocycles. The van der Waals surface area contributed by atoms with Gasteiger partial charge in [-0.25, -0.2) is 0 Å². The van der Waals surface area contributed by atoms with Gasteiger partial charge in [-0.05, 0) is 12.8 Å². The number of aliphatic carboxylic acids is 1. The summed E-state index contributed by atoms with van der Waals surface area (Å²) in [5.74, 6) is -0.707. The molecule has 0 aromatic rings. The molecule has 2 rings (SSSR count). The van der Waals surface area contributed by atoms with Gasteiger partial charge in [-0.3, -0.25) is 9.69 Å². The summed E-state index contributed by atoms with van der Waals surface area (Å²) in [6.07, 6.45) is 5.74. The zero-order valence-corrected chi connectivity index (χ0v) is 9.13. The minimum atomic E-state index is -0.707. The maximum absolute atomic E-state index is 11.1. The van der Waals surface area contributed by atoms with Crippen molar-refractivity contribution in [2.24, 2.45) is 0 Å². The molecule has 0 amide bonds. The summed E-state index contributed by atoms with van der Waals surface area (Å²) in [7, 11) is 3.95. The lowest BCUT2D eigenvalue weighted by Gasteiger charge is -2.37. The van der Waals surface area contributed by atoms with E-state index in [9.17, 15) is 4.79 Å². The van der Waals surface area contributed by atoms with Crippen molar-refractivity contribution in [2.75, 3.05) is 20.6 Å². The van der Waals surface area contributed by atoms with E-state index >= 15 is 0 Å². The van der Waals surface area contributed by atoms with Gasteiger partial charge in [-0.1, -0.05) is 0 Å². The molecule has 15 heavy (non-hydrogen) atoms. The predicted octanol–water partition coefficient (Wildman–Crippen LogP) is 0.167. The molecule has 0 aliphatic carbocycles. The Balaban J connectivity index is 2.13. The van der Waals surface area contributed by atoms with Crippen molar-refractivity contribution in [3.05, 3.63) is 12.4 Å². The van der Waals surface area contributed by atoms with Gasteiger partial charge in [0.25, 0.3) is 0 Å². The number of nitrogens with zero attached hydrogens (tertiary/aromatic N) is 3. The standard InChI is InChI=1S/C10H17N3O2/c1-11-6-7-12(2)10(11)13-5-3-4-8(13)9(14)15/h6-8,10H,3-5H2,1-2H3,(H,14,15). The average molecular weight is 211 g/mol. The Morgan fingerprint density at radius 3 is 2.47 bits per heavy atom. The van der Waals surface area contributed by atoms with E-state index in [4.69, 9.17) is 5.11 Å². The highest BCUT2D eigenvalue weighted by molar-refractivity contribution is 5.73. The molecular formula is C10H17N3O2. The molecule has 2 heterocycles. The maximum Gasteiger partial charge on any atom is 0.321 e. The second kappa shape index (κ2) is 3.73. The van der Waals surface area contributed by atoms with Crippen LogP contribution in [0.4, 0.5) is 0 Å². The van der Waals surface area contributed by atoms with Crippen LogP contribution in [0.3, 0.4) is 0 Å². The number of carboxylic acid groups (broad SMARTS) is 1. The molecule has 1 unspecified atom stereocenters. The highest BCUT2D eigenvalue weighted by Gasteiger charge is 2.39. The van der Waals surface area contributed by atoms with Crippen LogP contribution in [0.5, 0.6) is 0 Å². The molecule has 5 nitrogen and oxygen atoms in total. The fourth-order valence-corrected chi connectivity index (χ4v) is 2.45. The lowest BCUT2D eigenvalue weighted by Crippen LogP contribution is -2.53. The van der Waals surface area contributed by atoms with Crippen LogP contribution in [0, 0.1) is 0 Å². The molecule has 1 atom stereocenters. The first-order valence-electron chi connectivity index (χ1n) is 5.22. The lowest BCUT2D eigenvalue weighted by atomic mass is 10.2. The van der Waals surface area contributed by atoms with Gasteiger partial charge in [0, 0.05) is 33.0 Å². The summed E-state index contributed by atoms with van der Waals surface area (Å²) >= 11 is 0. The van der Waals surface area contributed by atoms with Gasteiger partial charge in [0.15, 0.2) is 6.29 Å². The number of hydrogen-bond acceptors (Lipinski definition) is 4. The summed E-state index contributed by atoms with van der Waals surface area (Å²) in [4.78, 5) is 17.2. The Morgan fingerprint density at radius 2 is 1.93 bits per heavy atom. The van der Waals surface area contributed by atoms with Gasteiger partial charge in [0.05, 0.1) is 0 Å². The van der Waals surface area contributed by atoms with Crippen LogP contribution < -0.4 is 0 Å². The minimum Gasteiger partial charge on any atom is -0.480 e. The summed E-state index contributed by atoms with van der Waals surface area (Å²) in [5, 5.41) is 9.12. The number of likely N-dealkylation sites (tertiary alicyclic amines) is 1. The molecule has 1 fully saturated rings. The van der Waals surface area contributed by atoms with Crippen LogP contribution in [0.1, 0.15) is 12.8 Å². The second-order valence-electron chi connectivity index (χ2n) is 4.21. The minimum absolute atomic E-state index is 0.0635. The van der Waals surface area contributed by atoms with Crippen molar-refractivity contribution in [1.29, 1.82) is 0 Å². The highest BCUT2D eigenvalue weighted by Crippen LogP contribution is 2.25. The fraction of sp³-hybridized carbons (Fsp3) is 0.700. The van der Waals surface area contributed by atoms with Crippen molar-refractivity contribution in [2.45, 2.75) is 25.2 Å². The summed E-state index contributed by atoms with van der Waals surface area (Å²) in [5.41, 5.74) is 0. The molecule has 0 spiro atoms. The number of carboxylic acids is 1. The van der Waals surface area contributed by atoms with Crippen LogP contribution in [-0.4, -0.2) is 58.7 Å². The third kappa shape index (κ3) is 1.67. The van der Waals surface area contributed by atoms with E-state index in [-0.39, 0.29) is 12.3 Å². The zero-order chi connectivity index (χ0) is 11.0. The molecular weight excluding hydrogens is 194 g/mol. The van der Waals surface area contributed by atoms with Gasteiger partial charge >= 0.3 is 5.97 Å². The number of carbonyl (C=O) groups is 1. The molecule has 1 N–H and O–H groups in total. The van der Waals surface area contributed by atoms with Gasteiger partial charge in [-0.2, -0.15) is 0 Å². The third-order valence-electron chi connectivity index (χ3n) is 3.14. The molecule has 0 bridgehead atoms. The van der Waals surface area contributed by atoms with Crippen molar-refractivity contribution in [1.82, 2.24) is 14.7 Å². The molecule has 84 valence electrons. The highest BCUT2D eigenvalue weighted by atomic mass is 16.4. The average Bonchev–Trinajstić information content (AvgIpc) is 2.73. The van der Waals surface area contributed by atoms with E-state index in [1.165, 1.54) is 0 Å². The fourth-order valence-electron chi connectivity index (χ4n) is 2.45. The quantitative estimate of drug-likeness (QED) is 0.705. The summed E-state index contributed by atoms with van der Waals surface area (Å²) in [6.45, 7) is 0.859. The second-order valence-corrected chi connectivity index (χ2v) is 4.21. The van der Waals surface area contributed by atoms with Crippen molar-refractivity contribution >= 4 is 5.97 Å². The maximum atomic E-state index is 11.1. The first kappa shape index (κ1) is 10.3. The monoisotopic (exact) mass is 211 g/mol. The molecule has 0 radical (unpaired) electrons. The van der Waals surface area contributed by atoms with Crippen LogP contribution in [-0.2, 0) is 4.79 Å². The van der Waals surface area contributed by atoms with Crippen molar-refractivity contribution in [3.63, 3.8) is 0 Å². The Morgan fingerprint density at radius 1 is 1.33 bits per heavy atom. The van der Waals surface area contributed by atoms with Crippen LogP contribution in [0.2, 0.25) is 0 Å². The van der Waals surface area contributed by atoms with E-state index in [2.05, 4.69) is 0 Å². The van der Waals surface area contributed by atoms with E-state index in [1.54, 1.807) is 0 Å². The molecule has 2 aliphatic rings. The topological polar surface area (TPSA) is 47.0 Å². The Labute approximate surface area is 89.6 Å². The first-order valence-corrected chi connectivity index (χ1v) is 5.22. The van der Waals surface area contributed by atoms with E-state index in [1.807, 2.05) is 41.2 Å². The SMILES string of the molecule is CN1C=CN(C)C1N1CCCC1C(=O)O. The van der Waals surface area contributed by atoms with Gasteiger partial charge in [-0.15, -0.1) is 0 Å². The first-order chi connectivity index (χ1) is 7.11. The number of rotatable bonds is 2. The van der Waals surface area contributed by atoms with E-state index in [0.717, 1.165) is 19.4 Å². The smallest absolute Gasteiger partial charge is 0.321 e.